The second kappa shape index (κ2) is 6.21. The average molecular weight is 359 g/mol. The highest BCUT2D eigenvalue weighted by Crippen LogP contribution is 2.26. The highest BCUT2D eigenvalue weighted by atomic mass is 35.5. The van der Waals surface area contributed by atoms with Gasteiger partial charge in [0.25, 0.3) is 6.43 Å². The monoisotopic (exact) mass is 358 g/mol. The van der Waals surface area contributed by atoms with Gasteiger partial charge in [0.1, 0.15) is 17.2 Å². The standard InChI is InChI=1S/C13H10Cl2F2N6/c1-22-9(2-10(15)21-22)13-20-8(12(16)17)5-23(13)6-11-18-3-7(14)4-19-11/h2-5,12H,6H2,1H3. The number of hydrogen-bond donors (Lipinski definition) is 0. The molecule has 0 radical (unpaired) electrons. The van der Waals surface area contributed by atoms with E-state index < -0.39 is 6.43 Å². The van der Waals surface area contributed by atoms with Crippen molar-refractivity contribution in [3.8, 4) is 11.5 Å². The van der Waals surface area contributed by atoms with Crippen molar-refractivity contribution in [2.45, 2.75) is 13.0 Å². The first-order valence-corrected chi connectivity index (χ1v) is 7.21. The van der Waals surface area contributed by atoms with E-state index in [-0.39, 0.29) is 17.4 Å². The van der Waals surface area contributed by atoms with E-state index in [0.29, 0.717) is 22.4 Å². The molecule has 23 heavy (non-hydrogen) atoms. The van der Waals surface area contributed by atoms with Gasteiger partial charge in [0.05, 0.1) is 11.6 Å². The largest absolute Gasteiger partial charge is 0.322 e. The van der Waals surface area contributed by atoms with Crippen LogP contribution < -0.4 is 0 Å². The van der Waals surface area contributed by atoms with E-state index >= 15 is 0 Å². The lowest BCUT2D eigenvalue weighted by molar-refractivity contribution is 0.146. The van der Waals surface area contributed by atoms with Crippen molar-refractivity contribution >= 4 is 23.2 Å². The minimum atomic E-state index is -2.69. The third-order valence-electron chi connectivity index (χ3n) is 3.08. The second-order valence-corrected chi connectivity index (χ2v) is 5.54. The average Bonchev–Trinajstić information content (AvgIpc) is 3.04. The van der Waals surface area contributed by atoms with Gasteiger partial charge in [-0.15, -0.1) is 0 Å². The van der Waals surface area contributed by atoms with Gasteiger partial charge < -0.3 is 4.57 Å². The summed E-state index contributed by atoms with van der Waals surface area (Å²) in [5.41, 5.74) is 0.169. The van der Waals surface area contributed by atoms with Crippen LogP contribution in [0.4, 0.5) is 8.78 Å². The van der Waals surface area contributed by atoms with Gasteiger partial charge in [-0.3, -0.25) is 4.68 Å². The fraction of sp³-hybridized carbons (Fsp3) is 0.231. The number of halogens is 4. The third kappa shape index (κ3) is 3.32. The quantitative estimate of drug-likeness (QED) is 0.717. The highest BCUT2D eigenvalue weighted by Gasteiger charge is 2.20. The Morgan fingerprint density at radius 1 is 1.22 bits per heavy atom. The summed E-state index contributed by atoms with van der Waals surface area (Å²) in [7, 11) is 1.65. The Morgan fingerprint density at radius 2 is 1.91 bits per heavy atom. The highest BCUT2D eigenvalue weighted by molar-refractivity contribution is 6.30. The zero-order valence-corrected chi connectivity index (χ0v) is 13.3. The molecule has 0 saturated carbocycles. The first kappa shape index (κ1) is 15.8. The number of imidazole rings is 1. The molecule has 0 aliphatic rings. The van der Waals surface area contributed by atoms with Gasteiger partial charge in [-0.2, -0.15) is 5.10 Å². The van der Waals surface area contributed by atoms with Gasteiger partial charge in [-0.25, -0.2) is 23.7 Å². The number of rotatable bonds is 4. The lowest BCUT2D eigenvalue weighted by Gasteiger charge is -2.06. The second-order valence-electron chi connectivity index (χ2n) is 4.71. The van der Waals surface area contributed by atoms with Crippen LogP contribution in [0, 0.1) is 0 Å². The lowest BCUT2D eigenvalue weighted by Crippen LogP contribution is -2.06. The first-order chi connectivity index (χ1) is 10.9. The molecule has 3 aromatic rings. The van der Waals surface area contributed by atoms with Crippen LogP contribution in [-0.4, -0.2) is 29.3 Å². The zero-order valence-electron chi connectivity index (χ0n) is 11.8. The maximum atomic E-state index is 13.0. The van der Waals surface area contributed by atoms with E-state index in [9.17, 15) is 8.78 Å². The summed E-state index contributed by atoms with van der Waals surface area (Å²) in [6.45, 7) is 0.162. The Bertz CT molecular complexity index is 828. The topological polar surface area (TPSA) is 61.4 Å². The van der Waals surface area contributed by atoms with Gasteiger partial charge in [0.2, 0.25) is 0 Å². The fourth-order valence-corrected chi connectivity index (χ4v) is 2.40. The number of hydrogen-bond acceptors (Lipinski definition) is 4. The normalized spacial score (nSPS) is 11.4. The molecule has 0 unspecified atom stereocenters. The Hall–Kier alpha value is -2.06. The van der Waals surface area contributed by atoms with Crippen LogP contribution in [0.1, 0.15) is 17.9 Å². The van der Waals surface area contributed by atoms with E-state index in [4.69, 9.17) is 23.2 Å². The molecule has 0 bridgehead atoms. The van der Waals surface area contributed by atoms with Crippen LogP contribution in [0.3, 0.4) is 0 Å². The van der Waals surface area contributed by atoms with Crippen molar-refractivity contribution in [3.63, 3.8) is 0 Å². The predicted molar refractivity (Wildman–Crippen MR) is 80.5 cm³/mol. The summed E-state index contributed by atoms with van der Waals surface area (Å²) in [5, 5.41) is 4.64. The van der Waals surface area contributed by atoms with Crippen LogP contribution >= 0.6 is 23.2 Å². The van der Waals surface area contributed by atoms with Gasteiger partial charge in [0.15, 0.2) is 11.0 Å². The molecule has 0 saturated heterocycles. The lowest BCUT2D eigenvalue weighted by atomic mass is 10.4. The Morgan fingerprint density at radius 3 is 2.48 bits per heavy atom. The van der Waals surface area contributed by atoms with Crippen molar-refractivity contribution in [3.05, 3.63) is 46.4 Å². The molecule has 0 fully saturated rings. The van der Waals surface area contributed by atoms with Crippen molar-refractivity contribution in [1.82, 2.24) is 29.3 Å². The smallest absolute Gasteiger partial charge is 0.281 e. The maximum absolute atomic E-state index is 13.0. The third-order valence-corrected chi connectivity index (χ3v) is 3.46. The van der Waals surface area contributed by atoms with E-state index in [0.717, 1.165) is 0 Å². The van der Waals surface area contributed by atoms with Crippen molar-refractivity contribution in [2.24, 2.45) is 7.05 Å². The first-order valence-electron chi connectivity index (χ1n) is 6.45. The molecule has 0 aromatic carbocycles. The molecular weight excluding hydrogens is 349 g/mol. The van der Waals surface area contributed by atoms with Crippen molar-refractivity contribution in [2.75, 3.05) is 0 Å². The number of aromatic nitrogens is 6. The molecule has 120 valence electrons. The summed E-state index contributed by atoms with van der Waals surface area (Å²) >= 11 is 11.6. The van der Waals surface area contributed by atoms with E-state index in [1.165, 1.54) is 27.8 Å². The summed E-state index contributed by atoms with van der Waals surface area (Å²) in [4.78, 5) is 12.1. The van der Waals surface area contributed by atoms with E-state index in [1.807, 2.05) is 0 Å². The Kier molecular flexibility index (Phi) is 4.27. The molecule has 0 spiro atoms. The summed E-state index contributed by atoms with van der Waals surface area (Å²) in [5.74, 6) is 0.725. The van der Waals surface area contributed by atoms with Crippen molar-refractivity contribution in [1.29, 1.82) is 0 Å². The Balaban J connectivity index is 2.04. The fourth-order valence-electron chi connectivity index (χ4n) is 2.08. The summed E-state index contributed by atoms with van der Waals surface area (Å²) < 4.78 is 29.0. The van der Waals surface area contributed by atoms with Crippen molar-refractivity contribution < 1.29 is 8.78 Å². The number of aryl methyl sites for hydroxylation is 1. The number of alkyl halides is 2. The van der Waals surface area contributed by atoms with Gasteiger partial charge in [0, 0.05) is 31.7 Å². The molecule has 3 heterocycles. The van der Waals surface area contributed by atoms with Crippen LogP contribution in [0.2, 0.25) is 10.2 Å². The van der Waals surface area contributed by atoms with Crippen LogP contribution in [-0.2, 0) is 13.6 Å². The molecule has 10 heteroatoms. The molecule has 0 aliphatic carbocycles. The molecule has 0 atom stereocenters. The molecular formula is C13H10Cl2F2N6. The number of nitrogens with zero attached hydrogens (tertiary/aromatic N) is 6. The van der Waals surface area contributed by atoms with Gasteiger partial charge in [-0.1, -0.05) is 23.2 Å². The van der Waals surface area contributed by atoms with Crippen LogP contribution in [0.5, 0.6) is 0 Å². The summed E-state index contributed by atoms with van der Waals surface area (Å²) in [6.07, 6.45) is 1.45. The minimum absolute atomic E-state index is 0.162. The summed E-state index contributed by atoms with van der Waals surface area (Å²) in [6, 6.07) is 1.55. The molecule has 6 nitrogen and oxygen atoms in total. The van der Waals surface area contributed by atoms with Gasteiger partial charge >= 0.3 is 0 Å². The molecule has 0 N–H and O–H groups in total. The van der Waals surface area contributed by atoms with E-state index in [2.05, 4.69) is 20.1 Å². The van der Waals surface area contributed by atoms with Crippen LogP contribution in [0.25, 0.3) is 11.5 Å². The van der Waals surface area contributed by atoms with Crippen LogP contribution in [0.15, 0.2) is 24.7 Å². The molecule has 0 aliphatic heterocycles. The zero-order chi connectivity index (χ0) is 16.6. The predicted octanol–water partition coefficient (Wildman–Crippen LogP) is 3.37. The molecule has 0 amide bonds. The van der Waals surface area contributed by atoms with E-state index in [1.54, 1.807) is 13.1 Å². The van der Waals surface area contributed by atoms with Gasteiger partial charge in [-0.05, 0) is 0 Å². The maximum Gasteiger partial charge on any atom is 0.281 e. The molecule has 3 aromatic heterocycles. The SMILES string of the molecule is Cn1nc(Cl)cc1-c1nc(C(F)F)cn1Cc1ncc(Cl)cn1. The minimum Gasteiger partial charge on any atom is -0.322 e. The molecule has 3 rings (SSSR count). The Labute approximate surface area is 139 Å².